The molecule has 2 aliphatic rings. The van der Waals surface area contributed by atoms with Crippen LogP contribution >= 0.6 is 11.6 Å². The zero-order chi connectivity index (χ0) is 17.3. The number of carbonyl (C=O) groups is 1. The Bertz CT molecular complexity index is 740. The summed E-state index contributed by atoms with van der Waals surface area (Å²) in [7, 11) is -3.58. The van der Waals surface area contributed by atoms with Crippen LogP contribution in [0.1, 0.15) is 24.0 Å². The van der Waals surface area contributed by atoms with Gasteiger partial charge in [0.15, 0.2) is 0 Å². The predicted octanol–water partition coefficient (Wildman–Crippen LogP) is 1.58. The molecule has 1 aromatic rings. The highest BCUT2D eigenvalue weighted by Gasteiger charge is 2.34. The fraction of sp³-hybridized carbons (Fsp3) is 0.533. The number of benzene rings is 1. The summed E-state index contributed by atoms with van der Waals surface area (Å²) in [6.07, 6.45) is 1.12. The molecule has 1 aromatic carbocycles. The van der Waals surface area contributed by atoms with E-state index < -0.39 is 16.3 Å². The minimum absolute atomic E-state index is 0.00626. The van der Waals surface area contributed by atoms with E-state index in [-0.39, 0.29) is 18.5 Å². The third-order valence-corrected chi connectivity index (χ3v) is 6.50. The van der Waals surface area contributed by atoms with Gasteiger partial charge in [0.1, 0.15) is 0 Å². The molecule has 1 unspecified atom stereocenters. The lowest BCUT2D eigenvalue weighted by Gasteiger charge is -2.37. The van der Waals surface area contributed by atoms with Gasteiger partial charge in [0, 0.05) is 30.7 Å². The summed E-state index contributed by atoms with van der Waals surface area (Å²) in [5, 5.41) is 11.8. The number of halogens is 1. The molecule has 0 aromatic heterocycles. The van der Waals surface area contributed by atoms with Gasteiger partial charge in [0.2, 0.25) is 0 Å². The molecule has 9 heteroatoms. The van der Waals surface area contributed by atoms with Crippen molar-refractivity contribution in [2.24, 2.45) is 5.92 Å². The Morgan fingerprint density at radius 1 is 1.33 bits per heavy atom. The Labute approximate surface area is 146 Å². The lowest BCUT2D eigenvalue weighted by molar-refractivity contribution is 0.161. The molecule has 132 valence electrons. The predicted molar refractivity (Wildman–Crippen MR) is 90.2 cm³/mol. The standard InChI is InChI=1S/C15H20ClN3O4S/c16-13-3-1-12-9-19(6-5-10(12)7-13)24(22,23)17-8-11-2-4-14(11)18-15(20)21/h1,3,7,11,14,17-18H,2,4-6,8-9H2,(H,20,21)/t11-,14?/m1/s1. The number of hydrogen-bond acceptors (Lipinski definition) is 3. The molecule has 0 spiro atoms. The van der Waals surface area contributed by atoms with Crippen LogP contribution in [0, 0.1) is 5.92 Å². The minimum Gasteiger partial charge on any atom is -0.465 e. The zero-order valence-electron chi connectivity index (χ0n) is 13.0. The largest absolute Gasteiger partial charge is 0.465 e. The van der Waals surface area contributed by atoms with Crippen LogP contribution in [-0.2, 0) is 23.2 Å². The van der Waals surface area contributed by atoms with Gasteiger partial charge in [-0.1, -0.05) is 17.7 Å². The molecule has 0 bridgehead atoms. The van der Waals surface area contributed by atoms with Crippen LogP contribution in [0.25, 0.3) is 0 Å². The second kappa shape index (κ2) is 6.87. The van der Waals surface area contributed by atoms with Crippen molar-refractivity contribution in [3.63, 3.8) is 0 Å². The second-order valence-electron chi connectivity index (χ2n) is 6.24. The van der Waals surface area contributed by atoms with E-state index in [4.69, 9.17) is 16.7 Å². The smallest absolute Gasteiger partial charge is 0.404 e. The van der Waals surface area contributed by atoms with E-state index in [2.05, 4.69) is 10.0 Å². The quantitative estimate of drug-likeness (QED) is 0.729. The summed E-state index contributed by atoms with van der Waals surface area (Å²) in [6.45, 7) is 0.977. The lowest BCUT2D eigenvalue weighted by atomic mass is 9.80. The van der Waals surface area contributed by atoms with Gasteiger partial charge in [-0.25, -0.2) is 9.52 Å². The van der Waals surface area contributed by atoms with Crippen molar-refractivity contribution >= 4 is 27.9 Å². The number of nitrogens with zero attached hydrogens (tertiary/aromatic N) is 1. The van der Waals surface area contributed by atoms with Crippen molar-refractivity contribution in [3.8, 4) is 0 Å². The van der Waals surface area contributed by atoms with Gasteiger partial charge in [-0.2, -0.15) is 12.7 Å². The maximum absolute atomic E-state index is 12.5. The number of nitrogens with one attached hydrogen (secondary N) is 2. The second-order valence-corrected chi connectivity index (χ2v) is 8.44. The molecule has 1 aliphatic heterocycles. The lowest BCUT2D eigenvalue weighted by Crippen LogP contribution is -2.52. The number of amides is 1. The molecule has 3 N–H and O–H groups in total. The van der Waals surface area contributed by atoms with Crippen molar-refractivity contribution in [3.05, 3.63) is 34.3 Å². The number of carboxylic acid groups (broad SMARTS) is 1. The van der Waals surface area contributed by atoms with Crippen LogP contribution in [0.5, 0.6) is 0 Å². The topological polar surface area (TPSA) is 98.7 Å². The van der Waals surface area contributed by atoms with Crippen molar-refractivity contribution in [1.29, 1.82) is 0 Å². The van der Waals surface area contributed by atoms with Crippen LogP contribution in [0.15, 0.2) is 18.2 Å². The molecule has 3 rings (SSSR count). The van der Waals surface area contributed by atoms with Gasteiger partial charge >= 0.3 is 6.09 Å². The first-order valence-corrected chi connectivity index (χ1v) is 9.68. The monoisotopic (exact) mass is 373 g/mol. The van der Waals surface area contributed by atoms with Gasteiger partial charge in [-0.05, 0) is 48.4 Å². The van der Waals surface area contributed by atoms with E-state index >= 15 is 0 Å². The Morgan fingerprint density at radius 3 is 2.79 bits per heavy atom. The van der Waals surface area contributed by atoms with E-state index in [0.29, 0.717) is 24.5 Å². The van der Waals surface area contributed by atoms with Crippen LogP contribution in [0.2, 0.25) is 5.02 Å². The Morgan fingerprint density at radius 2 is 2.12 bits per heavy atom. The van der Waals surface area contributed by atoms with E-state index in [0.717, 1.165) is 24.0 Å². The van der Waals surface area contributed by atoms with E-state index in [9.17, 15) is 13.2 Å². The SMILES string of the molecule is O=C(O)NC1CC[C@@H]1CNS(=O)(=O)N1CCc2cc(Cl)ccc2C1. The third-order valence-electron chi connectivity index (χ3n) is 4.74. The van der Waals surface area contributed by atoms with Gasteiger partial charge in [-0.15, -0.1) is 0 Å². The van der Waals surface area contributed by atoms with Crippen LogP contribution in [-0.4, -0.2) is 43.1 Å². The first-order valence-electron chi connectivity index (χ1n) is 7.86. The summed E-state index contributed by atoms with van der Waals surface area (Å²) >= 11 is 5.97. The van der Waals surface area contributed by atoms with E-state index in [1.165, 1.54) is 4.31 Å². The highest BCUT2D eigenvalue weighted by Crippen LogP contribution is 2.28. The maximum atomic E-state index is 12.5. The summed E-state index contributed by atoms with van der Waals surface area (Å²) in [4.78, 5) is 10.7. The van der Waals surface area contributed by atoms with Gasteiger partial charge < -0.3 is 10.4 Å². The van der Waals surface area contributed by atoms with Crippen LogP contribution in [0.3, 0.4) is 0 Å². The summed E-state index contributed by atoms with van der Waals surface area (Å²) in [6, 6.07) is 5.33. The summed E-state index contributed by atoms with van der Waals surface area (Å²) < 4.78 is 29.0. The molecular formula is C15H20ClN3O4S. The number of hydrogen-bond donors (Lipinski definition) is 3. The van der Waals surface area contributed by atoms with Crippen molar-refractivity contribution in [1.82, 2.24) is 14.3 Å². The highest BCUT2D eigenvalue weighted by atomic mass is 35.5. The number of fused-ring (bicyclic) bond motifs is 1. The molecular weight excluding hydrogens is 354 g/mol. The Balaban J connectivity index is 1.58. The maximum Gasteiger partial charge on any atom is 0.404 e. The highest BCUT2D eigenvalue weighted by molar-refractivity contribution is 7.87. The van der Waals surface area contributed by atoms with Crippen molar-refractivity contribution < 1.29 is 18.3 Å². The molecule has 24 heavy (non-hydrogen) atoms. The normalized spacial score (nSPS) is 24.0. The Hall–Kier alpha value is -1.35. The molecule has 2 atom stereocenters. The van der Waals surface area contributed by atoms with Crippen LogP contribution in [0.4, 0.5) is 4.79 Å². The van der Waals surface area contributed by atoms with Gasteiger partial charge in [0.05, 0.1) is 0 Å². The van der Waals surface area contributed by atoms with E-state index in [1.54, 1.807) is 6.07 Å². The molecule has 1 heterocycles. The van der Waals surface area contributed by atoms with Gasteiger partial charge in [0.25, 0.3) is 10.2 Å². The van der Waals surface area contributed by atoms with Gasteiger partial charge in [-0.3, -0.25) is 0 Å². The molecule has 1 fully saturated rings. The minimum atomic E-state index is -3.58. The average molecular weight is 374 g/mol. The van der Waals surface area contributed by atoms with Crippen molar-refractivity contribution in [2.45, 2.75) is 31.8 Å². The Kier molecular flexibility index (Phi) is 5.00. The van der Waals surface area contributed by atoms with Crippen molar-refractivity contribution in [2.75, 3.05) is 13.1 Å². The zero-order valence-corrected chi connectivity index (χ0v) is 14.6. The van der Waals surface area contributed by atoms with E-state index in [1.807, 2.05) is 12.1 Å². The van der Waals surface area contributed by atoms with Crippen LogP contribution < -0.4 is 10.0 Å². The molecule has 1 amide bonds. The molecule has 7 nitrogen and oxygen atoms in total. The summed E-state index contributed by atoms with van der Waals surface area (Å²) in [5.74, 6) is 0.00626. The molecule has 0 radical (unpaired) electrons. The number of rotatable bonds is 5. The third kappa shape index (κ3) is 3.83. The first-order chi connectivity index (χ1) is 11.3. The fourth-order valence-corrected chi connectivity index (χ4v) is 4.61. The molecule has 0 saturated heterocycles. The molecule has 1 aliphatic carbocycles. The average Bonchev–Trinajstić information content (AvgIpc) is 2.51. The first kappa shape index (κ1) is 17.5. The fourth-order valence-electron chi connectivity index (χ4n) is 3.17. The summed E-state index contributed by atoms with van der Waals surface area (Å²) in [5.41, 5.74) is 2.05. The molecule has 1 saturated carbocycles.